The number of anilines is 1. The van der Waals surface area contributed by atoms with Crippen LogP contribution in [-0.2, 0) is 0 Å². The first kappa shape index (κ1) is 13.2. The lowest BCUT2D eigenvalue weighted by molar-refractivity contribution is 0.195. The van der Waals surface area contributed by atoms with Gasteiger partial charge in [-0.1, -0.05) is 12.1 Å². The van der Waals surface area contributed by atoms with Gasteiger partial charge in [-0.2, -0.15) is 4.37 Å². The summed E-state index contributed by atoms with van der Waals surface area (Å²) in [6, 6.07) is 8.36. The molecule has 2 heterocycles. The predicted octanol–water partition coefficient (Wildman–Crippen LogP) is 3.16. The molecule has 1 aliphatic rings. The Balaban J connectivity index is 1.50. The molecular weight excluding hydrogens is 268 g/mol. The summed E-state index contributed by atoms with van der Waals surface area (Å²) < 4.78 is 5.73. The monoisotopic (exact) mass is 288 g/mol. The van der Waals surface area contributed by atoms with Crippen molar-refractivity contribution < 1.29 is 0 Å². The maximum Gasteiger partial charge on any atom is 0.147 e. The Kier molecular flexibility index (Phi) is 3.78. The number of nitrogens with one attached hydrogen (secondary N) is 1. The molecule has 0 radical (unpaired) electrons. The summed E-state index contributed by atoms with van der Waals surface area (Å²) in [6.07, 6.45) is 5.87. The van der Waals surface area contributed by atoms with Crippen LogP contribution in [-0.4, -0.2) is 40.5 Å². The van der Waals surface area contributed by atoms with Crippen molar-refractivity contribution >= 4 is 27.4 Å². The smallest absolute Gasteiger partial charge is 0.147 e. The molecule has 0 bridgehead atoms. The molecule has 0 saturated carbocycles. The van der Waals surface area contributed by atoms with Crippen molar-refractivity contribution in [2.24, 2.45) is 0 Å². The first-order valence-corrected chi connectivity index (χ1v) is 7.77. The normalized spacial score (nSPS) is 18.2. The maximum atomic E-state index is 4.49. The van der Waals surface area contributed by atoms with Crippen LogP contribution in [0.5, 0.6) is 0 Å². The van der Waals surface area contributed by atoms with Gasteiger partial charge in [-0.3, -0.25) is 0 Å². The fourth-order valence-electron chi connectivity index (χ4n) is 2.42. The van der Waals surface area contributed by atoms with Gasteiger partial charge >= 0.3 is 0 Å². The van der Waals surface area contributed by atoms with Crippen LogP contribution in [0.15, 0.2) is 36.7 Å². The summed E-state index contributed by atoms with van der Waals surface area (Å²) in [5, 5.41) is 4.68. The molecule has 0 spiro atoms. The lowest BCUT2D eigenvalue weighted by atomic mass is 10.2. The number of fused-ring (bicyclic) bond motifs is 1. The van der Waals surface area contributed by atoms with Crippen molar-refractivity contribution in [2.45, 2.75) is 19.5 Å². The second-order valence-electron chi connectivity index (χ2n) is 5.14. The summed E-state index contributed by atoms with van der Waals surface area (Å²) in [5.74, 6) is 1.02. The first-order chi connectivity index (χ1) is 9.75. The van der Waals surface area contributed by atoms with E-state index in [0.717, 1.165) is 25.3 Å². The van der Waals surface area contributed by atoms with Crippen molar-refractivity contribution in [1.29, 1.82) is 0 Å². The minimum atomic E-state index is 0.468. The second kappa shape index (κ2) is 5.71. The minimum Gasteiger partial charge on any atom is -0.369 e. The van der Waals surface area contributed by atoms with Gasteiger partial charge in [0.2, 0.25) is 0 Å². The molecule has 0 saturated heterocycles. The molecule has 1 aromatic carbocycles. The fourth-order valence-corrected chi connectivity index (χ4v) is 3.17. The SMILES string of the molecule is CC1N(C)C=CN1CCCNc1nsc2ccccc12. The highest BCUT2D eigenvalue weighted by molar-refractivity contribution is 7.13. The van der Waals surface area contributed by atoms with Gasteiger partial charge in [0.15, 0.2) is 0 Å². The molecule has 3 rings (SSSR count). The maximum absolute atomic E-state index is 4.49. The molecule has 1 aliphatic heterocycles. The number of hydrogen-bond acceptors (Lipinski definition) is 5. The molecule has 0 fully saturated rings. The van der Waals surface area contributed by atoms with Crippen LogP contribution >= 0.6 is 11.5 Å². The quantitative estimate of drug-likeness (QED) is 0.856. The fraction of sp³-hybridized carbons (Fsp3) is 0.400. The van der Waals surface area contributed by atoms with Crippen molar-refractivity contribution in [3.05, 3.63) is 36.7 Å². The van der Waals surface area contributed by atoms with Crippen LogP contribution in [0.2, 0.25) is 0 Å². The second-order valence-corrected chi connectivity index (χ2v) is 5.95. The van der Waals surface area contributed by atoms with E-state index in [1.807, 2.05) is 0 Å². The zero-order chi connectivity index (χ0) is 13.9. The van der Waals surface area contributed by atoms with Gasteiger partial charge in [0.25, 0.3) is 0 Å². The molecule has 4 nitrogen and oxygen atoms in total. The van der Waals surface area contributed by atoms with Crippen LogP contribution in [0.3, 0.4) is 0 Å². The van der Waals surface area contributed by atoms with Gasteiger partial charge in [-0.25, -0.2) is 0 Å². The Morgan fingerprint density at radius 3 is 2.95 bits per heavy atom. The zero-order valence-corrected chi connectivity index (χ0v) is 12.7. The molecule has 106 valence electrons. The molecule has 1 atom stereocenters. The van der Waals surface area contributed by atoms with Crippen LogP contribution in [0, 0.1) is 0 Å². The average molecular weight is 288 g/mol. The lowest BCUT2D eigenvalue weighted by Crippen LogP contribution is -2.34. The highest BCUT2D eigenvalue weighted by Gasteiger charge is 2.17. The Bertz CT molecular complexity index is 607. The van der Waals surface area contributed by atoms with Gasteiger partial charge in [-0.15, -0.1) is 0 Å². The van der Waals surface area contributed by atoms with Crippen molar-refractivity contribution in [2.75, 3.05) is 25.5 Å². The van der Waals surface area contributed by atoms with E-state index in [2.05, 4.69) is 70.1 Å². The molecule has 0 aliphatic carbocycles. The average Bonchev–Trinajstić information content (AvgIpc) is 3.02. The number of hydrogen-bond donors (Lipinski definition) is 1. The van der Waals surface area contributed by atoms with E-state index in [0.29, 0.717) is 6.17 Å². The highest BCUT2D eigenvalue weighted by Crippen LogP contribution is 2.26. The van der Waals surface area contributed by atoms with Gasteiger partial charge in [-0.05, 0) is 37.0 Å². The van der Waals surface area contributed by atoms with Crippen LogP contribution < -0.4 is 5.32 Å². The van der Waals surface area contributed by atoms with Gasteiger partial charge < -0.3 is 15.1 Å². The summed E-state index contributed by atoms with van der Waals surface area (Å²) in [6.45, 7) is 4.24. The Morgan fingerprint density at radius 1 is 1.30 bits per heavy atom. The topological polar surface area (TPSA) is 31.4 Å². The Morgan fingerprint density at radius 2 is 2.15 bits per heavy atom. The van der Waals surface area contributed by atoms with E-state index < -0.39 is 0 Å². The van der Waals surface area contributed by atoms with Crippen molar-refractivity contribution in [1.82, 2.24) is 14.2 Å². The minimum absolute atomic E-state index is 0.468. The van der Waals surface area contributed by atoms with Gasteiger partial charge in [0.1, 0.15) is 5.82 Å². The third kappa shape index (κ3) is 2.58. The molecule has 1 N–H and O–H groups in total. The molecule has 0 amide bonds. The predicted molar refractivity (Wildman–Crippen MR) is 85.8 cm³/mol. The van der Waals surface area contributed by atoms with Crippen LogP contribution in [0.4, 0.5) is 5.82 Å². The molecule has 1 unspecified atom stereocenters. The molecule has 1 aromatic heterocycles. The third-order valence-electron chi connectivity index (χ3n) is 3.83. The zero-order valence-electron chi connectivity index (χ0n) is 11.9. The highest BCUT2D eigenvalue weighted by atomic mass is 32.1. The summed E-state index contributed by atoms with van der Waals surface area (Å²) in [4.78, 5) is 4.59. The number of benzene rings is 1. The van der Waals surface area contributed by atoms with Crippen molar-refractivity contribution in [3.8, 4) is 0 Å². The summed E-state index contributed by atoms with van der Waals surface area (Å²) >= 11 is 1.56. The molecule has 5 heteroatoms. The van der Waals surface area contributed by atoms with Gasteiger partial charge in [0.05, 0.1) is 10.9 Å². The van der Waals surface area contributed by atoms with Crippen molar-refractivity contribution in [3.63, 3.8) is 0 Å². The largest absolute Gasteiger partial charge is 0.369 e. The Labute approximate surface area is 123 Å². The van der Waals surface area contributed by atoms with E-state index in [-0.39, 0.29) is 0 Å². The number of rotatable bonds is 5. The van der Waals surface area contributed by atoms with E-state index >= 15 is 0 Å². The first-order valence-electron chi connectivity index (χ1n) is 7.00. The van der Waals surface area contributed by atoms with E-state index in [1.165, 1.54) is 10.1 Å². The Hall–Kier alpha value is -1.75. The van der Waals surface area contributed by atoms with E-state index in [1.54, 1.807) is 11.5 Å². The van der Waals surface area contributed by atoms with E-state index in [9.17, 15) is 0 Å². The lowest BCUT2D eigenvalue weighted by Gasteiger charge is -2.26. The summed E-state index contributed by atoms with van der Waals surface area (Å²) in [5.41, 5.74) is 0. The molecular formula is C15H20N4S. The summed E-state index contributed by atoms with van der Waals surface area (Å²) in [7, 11) is 2.11. The molecule has 20 heavy (non-hydrogen) atoms. The van der Waals surface area contributed by atoms with Gasteiger partial charge in [0, 0.05) is 37.9 Å². The standard InChI is InChI=1S/C15H20N4S/c1-12-18(2)10-11-19(12)9-5-8-16-15-13-6-3-4-7-14(13)20-17-15/h3-4,6-7,10-12H,5,8-9H2,1-2H3,(H,16,17). The number of nitrogens with zero attached hydrogens (tertiary/aromatic N) is 3. The van der Waals surface area contributed by atoms with Crippen LogP contribution in [0.1, 0.15) is 13.3 Å². The third-order valence-corrected chi connectivity index (χ3v) is 4.65. The molecule has 2 aromatic rings. The number of aromatic nitrogens is 1. The van der Waals surface area contributed by atoms with Crippen LogP contribution in [0.25, 0.3) is 10.1 Å². The van der Waals surface area contributed by atoms with E-state index in [4.69, 9.17) is 0 Å².